The van der Waals surface area contributed by atoms with Gasteiger partial charge in [-0.1, -0.05) is 6.42 Å². The smallest absolute Gasteiger partial charge is 0.223 e. The Morgan fingerprint density at radius 3 is 2.62 bits per heavy atom. The van der Waals surface area contributed by atoms with Gasteiger partial charge < -0.3 is 11.1 Å². The molecule has 3 rings (SSSR count). The number of carbonyl (C=O) groups is 1. The lowest BCUT2D eigenvalue weighted by molar-refractivity contribution is -0.128. The molecule has 3 nitrogen and oxygen atoms in total. The van der Waals surface area contributed by atoms with Gasteiger partial charge in [0.05, 0.1) is 6.54 Å². The van der Waals surface area contributed by atoms with Crippen molar-refractivity contribution in [2.24, 2.45) is 23.5 Å². The highest BCUT2D eigenvalue weighted by atomic mass is 79.9. The number of halogens is 2. The zero-order valence-electron chi connectivity index (χ0n) is 11.9. The average Bonchev–Trinajstić information content (AvgIpc) is 2.81. The van der Waals surface area contributed by atoms with E-state index in [0.29, 0.717) is 24.4 Å². The van der Waals surface area contributed by atoms with Crippen LogP contribution in [-0.2, 0) is 11.3 Å². The molecule has 1 amide bonds. The van der Waals surface area contributed by atoms with Crippen molar-refractivity contribution in [3.63, 3.8) is 0 Å². The molecule has 1 aromatic rings. The van der Waals surface area contributed by atoms with Crippen LogP contribution in [0.5, 0.6) is 0 Å². The van der Waals surface area contributed by atoms with Crippen molar-refractivity contribution in [3.05, 3.63) is 20.8 Å². The molecule has 0 aliphatic heterocycles. The Labute approximate surface area is 144 Å². The van der Waals surface area contributed by atoms with Crippen molar-refractivity contribution in [1.29, 1.82) is 0 Å². The van der Waals surface area contributed by atoms with Crippen LogP contribution < -0.4 is 11.1 Å². The third-order valence-electron chi connectivity index (χ3n) is 4.84. The molecule has 2 unspecified atom stereocenters. The van der Waals surface area contributed by atoms with Crippen LogP contribution in [-0.4, -0.2) is 11.9 Å². The van der Waals surface area contributed by atoms with Crippen molar-refractivity contribution >= 4 is 45.6 Å². The number of fused-ring (bicyclic) bond motifs is 2. The molecule has 0 radical (unpaired) electrons. The second-order valence-electron chi connectivity index (χ2n) is 6.15. The lowest BCUT2D eigenvalue weighted by Gasteiger charge is -2.43. The second-order valence-corrected chi connectivity index (χ2v) is 8.06. The molecule has 118 valence electrons. The normalized spacial score (nSPS) is 31.3. The van der Waals surface area contributed by atoms with Crippen molar-refractivity contribution in [2.75, 3.05) is 0 Å². The summed E-state index contributed by atoms with van der Waals surface area (Å²) in [6.07, 6.45) is 5.68. The van der Waals surface area contributed by atoms with Crippen molar-refractivity contribution in [2.45, 2.75) is 44.7 Å². The van der Waals surface area contributed by atoms with Crippen molar-refractivity contribution in [3.8, 4) is 0 Å². The Kier molecular flexibility index (Phi) is 6.12. The predicted octanol–water partition coefficient (Wildman–Crippen LogP) is 3.70. The molecule has 0 saturated heterocycles. The van der Waals surface area contributed by atoms with Crippen LogP contribution in [0, 0.1) is 17.8 Å². The van der Waals surface area contributed by atoms with E-state index in [1.54, 1.807) is 11.3 Å². The lowest BCUT2D eigenvalue weighted by atomic mass is 9.65. The largest absolute Gasteiger partial charge is 0.351 e. The highest BCUT2D eigenvalue weighted by Crippen LogP contribution is 2.41. The highest BCUT2D eigenvalue weighted by molar-refractivity contribution is 9.10. The molecule has 2 atom stereocenters. The van der Waals surface area contributed by atoms with Gasteiger partial charge in [-0.2, -0.15) is 0 Å². The fourth-order valence-corrected chi connectivity index (χ4v) is 5.16. The van der Waals surface area contributed by atoms with Gasteiger partial charge in [-0.25, -0.2) is 0 Å². The molecule has 2 fully saturated rings. The number of amides is 1. The van der Waals surface area contributed by atoms with Gasteiger partial charge in [0, 0.05) is 26.7 Å². The first-order chi connectivity index (χ1) is 9.63. The first kappa shape index (κ1) is 17.3. The van der Waals surface area contributed by atoms with E-state index in [-0.39, 0.29) is 24.2 Å². The van der Waals surface area contributed by atoms with Gasteiger partial charge in [-0.05, 0) is 59.5 Å². The van der Waals surface area contributed by atoms with E-state index in [2.05, 4.69) is 27.3 Å². The maximum absolute atomic E-state index is 12.4. The van der Waals surface area contributed by atoms with Gasteiger partial charge in [-0.15, -0.1) is 23.7 Å². The van der Waals surface area contributed by atoms with Gasteiger partial charge in [0.2, 0.25) is 5.91 Å². The van der Waals surface area contributed by atoms with Crippen molar-refractivity contribution in [1.82, 2.24) is 5.32 Å². The van der Waals surface area contributed by atoms with E-state index in [9.17, 15) is 4.79 Å². The summed E-state index contributed by atoms with van der Waals surface area (Å²) >= 11 is 5.11. The topological polar surface area (TPSA) is 55.1 Å². The Balaban J connectivity index is 0.00000161. The third kappa shape index (κ3) is 4.01. The molecule has 2 aliphatic carbocycles. The molecule has 0 aromatic carbocycles. The molecule has 1 heterocycles. The number of nitrogens with one attached hydrogen (secondary N) is 1. The molecular weight excluding hydrogens is 372 g/mol. The van der Waals surface area contributed by atoms with Crippen LogP contribution in [0.4, 0.5) is 0 Å². The highest BCUT2D eigenvalue weighted by Gasteiger charge is 2.40. The third-order valence-corrected chi connectivity index (χ3v) is 6.54. The van der Waals surface area contributed by atoms with Crippen LogP contribution in [0.15, 0.2) is 15.9 Å². The quantitative estimate of drug-likeness (QED) is 0.822. The van der Waals surface area contributed by atoms with Gasteiger partial charge in [0.15, 0.2) is 0 Å². The summed E-state index contributed by atoms with van der Waals surface area (Å²) in [4.78, 5) is 13.5. The van der Waals surface area contributed by atoms with Gasteiger partial charge in [0.1, 0.15) is 0 Å². The Morgan fingerprint density at radius 1 is 1.38 bits per heavy atom. The number of hydrogen-bond donors (Lipinski definition) is 2. The average molecular weight is 394 g/mol. The maximum atomic E-state index is 12.4. The number of nitrogens with two attached hydrogens (primary N) is 1. The molecule has 2 aliphatic rings. The standard InChI is InChI=1S/C15H21BrN2OS.ClH/c16-12-6-13(20-8-12)7-18-15(19)11-4-9-2-1-3-10(5-11)14(9)17;/h6,8-11,14H,1-5,7,17H2,(H,18,19);1H. The van der Waals surface area contributed by atoms with Crippen LogP contribution >= 0.6 is 39.7 Å². The second kappa shape index (κ2) is 7.44. The van der Waals surface area contributed by atoms with Crippen LogP contribution in [0.3, 0.4) is 0 Å². The van der Waals surface area contributed by atoms with Gasteiger partial charge >= 0.3 is 0 Å². The predicted molar refractivity (Wildman–Crippen MR) is 92.6 cm³/mol. The van der Waals surface area contributed by atoms with Gasteiger partial charge in [-0.3, -0.25) is 4.79 Å². The fourth-order valence-electron chi connectivity index (χ4n) is 3.77. The molecule has 21 heavy (non-hydrogen) atoms. The zero-order chi connectivity index (χ0) is 14.1. The molecule has 0 spiro atoms. The molecule has 6 heteroatoms. The number of carbonyl (C=O) groups excluding carboxylic acids is 1. The molecule has 1 aromatic heterocycles. The minimum atomic E-state index is 0. The van der Waals surface area contributed by atoms with E-state index < -0.39 is 0 Å². The monoisotopic (exact) mass is 392 g/mol. The van der Waals surface area contributed by atoms with E-state index in [4.69, 9.17) is 5.73 Å². The Hall–Kier alpha value is -0.100. The van der Waals surface area contributed by atoms with E-state index in [1.165, 1.54) is 24.1 Å². The first-order valence-electron chi connectivity index (χ1n) is 7.39. The first-order valence-corrected chi connectivity index (χ1v) is 9.07. The summed E-state index contributed by atoms with van der Waals surface area (Å²) in [5.74, 6) is 1.52. The van der Waals surface area contributed by atoms with Crippen LogP contribution in [0.25, 0.3) is 0 Å². The van der Waals surface area contributed by atoms with E-state index >= 15 is 0 Å². The van der Waals surface area contributed by atoms with E-state index in [1.807, 2.05) is 5.38 Å². The molecule has 3 N–H and O–H groups in total. The summed E-state index contributed by atoms with van der Waals surface area (Å²) in [5.41, 5.74) is 6.28. The SMILES string of the molecule is Cl.NC1C2CCCC1CC(C(=O)NCc1cc(Br)cs1)C2. The number of thiophene rings is 1. The number of hydrogen-bond acceptors (Lipinski definition) is 3. The minimum Gasteiger partial charge on any atom is -0.351 e. The summed E-state index contributed by atoms with van der Waals surface area (Å²) < 4.78 is 1.09. The molecule has 2 bridgehead atoms. The summed E-state index contributed by atoms with van der Waals surface area (Å²) in [6, 6.07) is 2.40. The van der Waals surface area contributed by atoms with Crippen molar-refractivity contribution < 1.29 is 4.79 Å². The van der Waals surface area contributed by atoms with E-state index in [0.717, 1.165) is 17.3 Å². The molecular formula is C15H22BrClN2OS. The Bertz CT molecular complexity index is 482. The number of rotatable bonds is 3. The fraction of sp³-hybridized carbons (Fsp3) is 0.667. The lowest BCUT2D eigenvalue weighted by Crippen LogP contribution is -2.49. The Morgan fingerprint density at radius 2 is 2.05 bits per heavy atom. The van der Waals surface area contributed by atoms with Crippen LogP contribution in [0.1, 0.15) is 37.0 Å². The maximum Gasteiger partial charge on any atom is 0.223 e. The van der Waals surface area contributed by atoms with Gasteiger partial charge in [0.25, 0.3) is 0 Å². The summed E-state index contributed by atoms with van der Waals surface area (Å²) in [6.45, 7) is 0.646. The summed E-state index contributed by atoms with van der Waals surface area (Å²) in [7, 11) is 0. The zero-order valence-corrected chi connectivity index (χ0v) is 15.1. The summed E-state index contributed by atoms with van der Waals surface area (Å²) in [5, 5.41) is 5.14. The minimum absolute atomic E-state index is 0. The molecule has 2 saturated carbocycles. The van der Waals surface area contributed by atoms with Crippen LogP contribution in [0.2, 0.25) is 0 Å².